The van der Waals surface area contributed by atoms with Gasteiger partial charge in [-0.2, -0.15) is 13.2 Å². The summed E-state index contributed by atoms with van der Waals surface area (Å²) >= 11 is 1.23. The van der Waals surface area contributed by atoms with Crippen molar-refractivity contribution in [1.29, 1.82) is 0 Å². The summed E-state index contributed by atoms with van der Waals surface area (Å²) in [6, 6.07) is 0.145. The molecule has 1 aliphatic carbocycles. The van der Waals surface area contributed by atoms with Crippen LogP contribution >= 0.6 is 11.3 Å². The standard InChI is InChI=1S/C12H17F3N2S/c1-2-6-16-8-4-3-5-9-11(8)17-10(18-9)7-12(13,14)15/h8,16H,2-7H2,1H3. The van der Waals surface area contributed by atoms with E-state index in [1.165, 1.54) is 11.3 Å². The average molecular weight is 278 g/mol. The predicted molar refractivity (Wildman–Crippen MR) is 65.8 cm³/mol. The Hall–Kier alpha value is -0.620. The first kappa shape index (κ1) is 13.8. The summed E-state index contributed by atoms with van der Waals surface area (Å²) in [5, 5.41) is 3.57. The number of rotatable bonds is 4. The van der Waals surface area contributed by atoms with E-state index < -0.39 is 12.6 Å². The fourth-order valence-corrected chi connectivity index (χ4v) is 3.44. The van der Waals surface area contributed by atoms with Gasteiger partial charge in [0.1, 0.15) is 5.01 Å². The van der Waals surface area contributed by atoms with Gasteiger partial charge in [-0.1, -0.05) is 6.92 Å². The maximum atomic E-state index is 12.4. The average Bonchev–Trinajstić information content (AvgIpc) is 2.66. The molecule has 1 atom stereocenters. The lowest BCUT2D eigenvalue weighted by Crippen LogP contribution is -2.25. The van der Waals surface area contributed by atoms with E-state index in [0.29, 0.717) is 0 Å². The number of nitrogens with zero attached hydrogens (tertiary/aromatic N) is 1. The molecule has 102 valence electrons. The van der Waals surface area contributed by atoms with Crippen molar-refractivity contribution in [1.82, 2.24) is 10.3 Å². The van der Waals surface area contributed by atoms with Crippen molar-refractivity contribution >= 4 is 11.3 Å². The minimum atomic E-state index is -4.16. The largest absolute Gasteiger partial charge is 0.395 e. The molecule has 0 aromatic carbocycles. The lowest BCUT2D eigenvalue weighted by molar-refractivity contribution is -0.127. The Morgan fingerprint density at radius 3 is 2.89 bits per heavy atom. The quantitative estimate of drug-likeness (QED) is 0.909. The summed E-state index contributed by atoms with van der Waals surface area (Å²) in [5.74, 6) is 0. The molecule has 1 aromatic heterocycles. The molecule has 1 N–H and O–H groups in total. The van der Waals surface area contributed by atoms with Crippen molar-refractivity contribution in [2.75, 3.05) is 6.54 Å². The monoisotopic (exact) mass is 278 g/mol. The van der Waals surface area contributed by atoms with Crippen LogP contribution in [-0.4, -0.2) is 17.7 Å². The van der Waals surface area contributed by atoms with Crippen LogP contribution in [0.1, 0.15) is 47.8 Å². The van der Waals surface area contributed by atoms with Gasteiger partial charge in [-0.3, -0.25) is 0 Å². The molecule has 0 bridgehead atoms. The molecule has 0 spiro atoms. The van der Waals surface area contributed by atoms with Gasteiger partial charge in [-0.15, -0.1) is 11.3 Å². The molecular weight excluding hydrogens is 261 g/mol. The van der Waals surface area contributed by atoms with Gasteiger partial charge < -0.3 is 5.32 Å². The van der Waals surface area contributed by atoms with Crippen LogP contribution in [0.25, 0.3) is 0 Å². The molecule has 0 saturated heterocycles. The van der Waals surface area contributed by atoms with E-state index in [1.807, 2.05) is 0 Å². The van der Waals surface area contributed by atoms with Crippen LogP contribution < -0.4 is 5.32 Å². The first-order valence-corrected chi connectivity index (χ1v) is 7.10. The van der Waals surface area contributed by atoms with Crippen LogP contribution in [-0.2, 0) is 12.8 Å². The Morgan fingerprint density at radius 1 is 1.44 bits per heavy atom. The van der Waals surface area contributed by atoms with E-state index in [0.717, 1.165) is 42.8 Å². The number of hydrogen-bond donors (Lipinski definition) is 1. The molecule has 0 saturated carbocycles. The number of alkyl halides is 3. The summed E-state index contributed by atoms with van der Waals surface area (Å²) < 4.78 is 37.1. The summed E-state index contributed by atoms with van der Waals surface area (Å²) in [6.45, 7) is 2.96. The van der Waals surface area contributed by atoms with E-state index in [4.69, 9.17) is 0 Å². The van der Waals surface area contributed by atoms with E-state index in [2.05, 4.69) is 17.2 Å². The third-order valence-corrected chi connectivity index (χ3v) is 4.12. The zero-order valence-corrected chi connectivity index (χ0v) is 11.1. The highest BCUT2D eigenvalue weighted by atomic mass is 32.1. The minimum Gasteiger partial charge on any atom is -0.309 e. The van der Waals surface area contributed by atoms with E-state index >= 15 is 0 Å². The maximum absolute atomic E-state index is 12.4. The summed E-state index contributed by atoms with van der Waals surface area (Å²) in [6.07, 6.45) is -1.16. The zero-order chi connectivity index (χ0) is 13.2. The lowest BCUT2D eigenvalue weighted by Gasteiger charge is -2.22. The van der Waals surface area contributed by atoms with Crippen LogP contribution in [0.15, 0.2) is 0 Å². The Labute approximate surface area is 109 Å². The smallest absolute Gasteiger partial charge is 0.309 e. The van der Waals surface area contributed by atoms with Gasteiger partial charge in [0.05, 0.1) is 18.2 Å². The highest BCUT2D eigenvalue weighted by molar-refractivity contribution is 7.11. The van der Waals surface area contributed by atoms with Crippen molar-refractivity contribution in [3.63, 3.8) is 0 Å². The Kier molecular flexibility index (Phi) is 4.27. The first-order valence-electron chi connectivity index (χ1n) is 6.28. The fourth-order valence-electron chi connectivity index (χ4n) is 2.23. The van der Waals surface area contributed by atoms with Gasteiger partial charge in [0, 0.05) is 4.88 Å². The first-order chi connectivity index (χ1) is 8.49. The number of fused-ring (bicyclic) bond motifs is 1. The number of thiazole rings is 1. The Balaban J connectivity index is 2.13. The maximum Gasteiger partial charge on any atom is 0.395 e. The van der Waals surface area contributed by atoms with E-state index in [9.17, 15) is 13.2 Å². The van der Waals surface area contributed by atoms with Gasteiger partial charge in [0.25, 0.3) is 0 Å². The van der Waals surface area contributed by atoms with Crippen LogP contribution in [0.4, 0.5) is 13.2 Å². The number of halogens is 3. The minimum absolute atomic E-state index is 0.145. The predicted octanol–water partition coefficient (Wildman–Crippen LogP) is 3.62. The second kappa shape index (κ2) is 5.57. The fraction of sp³-hybridized carbons (Fsp3) is 0.750. The SMILES string of the molecule is CCCNC1CCCc2sc(CC(F)(F)F)nc21. The molecule has 1 aromatic rings. The van der Waals surface area contributed by atoms with Gasteiger partial charge in [-0.25, -0.2) is 4.98 Å². The van der Waals surface area contributed by atoms with Crippen molar-refractivity contribution in [3.8, 4) is 0 Å². The molecule has 0 fully saturated rings. The second-order valence-electron chi connectivity index (χ2n) is 4.61. The molecule has 2 nitrogen and oxygen atoms in total. The number of aromatic nitrogens is 1. The number of hydrogen-bond acceptors (Lipinski definition) is 3. The summed E-state index contributed by atoms with van der Waals surface area (Å²) in [7, 11) is 0. The van der Waals surface area contributed by atoms with Crippen LogP contribution in [0.5, 0.6) is 0 Å². The molecule has 6 heteroatoms. The van der Waals surface area contributed by atoms with E-state index in [1.54, 1.807) is 0 Å². The van der Waals surface area contributed by atoms with Crippen molar-refractivity contribution in [2.24, 2.45) is 0 Å². The molecule has 1 heterocycles. The van der Waals surface area contributed by atoms with Gasteiger partial charge in [0.15, 0.2) is 0 Å². The molecular formula is C12H17F3N2S. The molecule has 1 aliphatic rings. The topological polar surface area (TPSA) is 24.9 Å². The van der Waals surface area contributed by atoms with Crippen LogP contribution in [0.3, 0.4) is 0 Å². The Morgan fingerprint density at radius 2 is 2.22 bits per heavy atom. The van der Waals surface area contributed by atoms with E-state index in [-0.39, 0.29) is 11.0 Å². The van der Waals surface area contributed by atoms with Gasteiger partial charge in [-0.05, 0) is 32.2 Å². The van der Waals surface area contributed by atoms with Crippen molar-refractivity contribution in [3.05, 3.63) is 15.6 Å². The molecule has 2 rings (SSSR count). The number of nitrogens with one attached hydrogen (secondary N) is 1. The lowest BCUT2D eigenvalue weighted by atomic mass is 9.97. The molecule has 18 heavy (non-hydrogen) atoms. The number of aryl methyl sites for hydroxylation is 1. The third-order valence-electron chi connectivity index (χ3n) is 2.99. The highest BCUT2D eigenvalue weighted by Crippen LogP contribution is 2.35. The normalized spacial score (nSPS) is 19.9. The second-order valence-corrected chi connectivity index (χ2v) is 5.78. The van der Waals surface area contributed by atoms with Crippen LogP contribution in [0, 0.1) is 0 Å². The molecule has 1 unspecified atom stereocenters. The third kappa shape index (κ3) is 3.45. The molecule has 0 radical (unpaired) electrons. The Bertz CT molecular complexity index is 401. The molecule has 0 aliphatic heterocycles. The highest BCUT2D eigenvalue weighted by Gasteiger charge is 2.32. The van der Waals surface area contributed by atoms with Gasteiger partial charge in [0.2, 0.25) is 0 Å². The van der Waals surface area contributed by atoms with Gasteiger partial charge >= 0.3 is 6.18 Å². The van der Waals surface area contributed by atoms with Crippen molar-refractivity contribution in [2.45, 2.75) is 51.2 Å². The summed E-state index contributed by atoms with van der Waals surface area (Å²) in [5.41, 5.74) is 0.860. The van der Waals surface area contributed by atoms with Crippen molar-refractivity contribution < 1.29 is 13.2 Å². The molecule has 0 amide bonds. The summed E-state index contributed by atoms with van der Waals surface area (Å²) in [4.78, 5) is 5.24. The van der Waals surface area contributed by atoms with Crippen LogP contribution in [0.2, 0.25) is 0 Å². The zero-order valence-electron chi connectivity index (χ0n) is 10.3.